The van der Waals surface area contributed by atoms with Crippen LogP contribution in [0.5, 0.6) is 0 Å². The average molecular weight is 488 g/mol. The van der Waals surface area contributed by atoms with Crippen LogP contribution in [0.3, 0.4) is 0 Å². The van der Waals surface area contributed by atoms with E-state index in [4.69, 9.17) is 4.74 Å². The van der Waals surface area contributed by atoms with Gasteiger partial charge in [-0.05, 0) is 49.4 Å². The van der Waals surface area contributed by atoms with Gasteiger partial charge < -0.3 is 15.0 Å². The van der Waals surface area contributed by atoms with Gasteiger partial charge in [-0.3, -0.25) is 14.4 Å². The van der Waals surface area contributed by atoms with Crippen LogP contribution in [0, 0.1) is 30.1 Å². The number of rotatable bonds is 6. The molecule has 1 saturated carbocycles. The smallest absolute Gasteiger partial charge is 0.311 e. The number of nitrogens with one attached hydrogen (secondary N) is 1. The molecule has 4 rings (SSSR count). The second kappa shape index (κ2) is 11.4. The number of nitriles is 1. The molecule has 0 radical (unpaired) electrons. The van der Waals surface area contributed by atoms with E-state index >= 15 is 0 Å². The molecule has 0 bridgehead atoms. The van der Waals surface area contributed by atoms with E-state index < -0.39 is 24.0 Å². The second-order valence-electron chi connectivity index (χ2n) is 9.84. The molecule has 2 aromatic carbocycles. The number of carbonyl (C=O) groups is 3. The Kier molecular flexibility index (Phi) is 8.04. The summed E-state index contributed by atoms with van der Waals surface area (Å²) in [6, 6.07) is 15.5. The third kappa shape index (κ3) is 5.43. The number of ether oxygens (including phenoxy) is 1. The Bertz CT molecular complexity index is 1130. The van der Waals surface area contributed by atoms with Crippen molar-refractivity contribution in [1.82, 2.24) is 10.2 Å². The third-order valence-electron chi connectivity index (χ3n) is 7.48. The van der Waals surface area contributed by atoms with Crippen LogP contribution in [0.15, 0.2) is 48.5 Å². The van der Waals surface area contributed by atoms with Crippen LogP contribution in [-0.4, -0.2) is 35.8 Å². The predicted molar refractivity (Wildman–Crippen MR) is 134 cm³/mol. The number of nitrogens with zero attached hydrogens (tertiary/aromatic N) is 2. The van der Waals surface area contributed by atoms with Gasteiger partial charge in [-0.15, -0.1) is 0 Å². The minimum Gasteiger partial charge on any atom is -0.469 e. The number of aryl methyl sites for hydroxylation is 1. The minimum atomic E-state index is -0.783. The van der Waals surface area contributed by atoms with Gasteiger partial charge >= 0.3 is 5.97 Å². The molecule has 188 valence electrons. The van der Waals surface area contributed by atoms with Crippen molar-refractivity contribution in [3.63, 3.8) is 0 Å². The van der Waals surface area contributed by atoms with Crippen LogP contribution >= 0.6 is 0 Å². The monoisotopic (exact) mass is 487 g/mol. The summed E-state index contributed by atoms with van der Waals surface area (Å²) in [6.07, 6.45) is 4.84. The van der Waals surface area contributed by atoms with Gasteiger partial charge in [0.15, 0.2) is 0 Å². The first-order valence-electron chi connectivity index (χ1n) is 12.7. The SMILES string of the molecule is COC(=O)C1CC(C(=O)NCc2ccc(C)cc2)N(C(=O)C2CCCCC2)C1c1ccc(C#N)cc1. The molecule has 0 aromatic heterocycles. The lowest BCUT2D eigenvalue weighted by Crippen LogP contribution is -2.49. The number of likely N-dealkylation sites (tertiary alicyclic amines) is 1. The molecule has 3 atom stereocenters. The Morgan fingerprint density at radius 1 is 1.03 bits per heavy atom. The zero-order valence-corrected chi connectivity index (χ0v) is 20.9. The molecule has 1 saturated heterocycles. The predicted octanol–water partition coefficient (Wildman–Crippen LogP) is 4.19. The van der Waals surface area contributed by atoms with Gasteiger partial charge in [0.2, 0.25) is 11.8 Å². The Balaban J connectivity index is 1.67. The minimum absolute atomic E-state index is 0.0778. The van der Waals surface area contributed by atoms with Crippen molar-refractivity contribution in [3.8, 4) is 6.07 Å². The van der Waals surface area contributed by atoms with Crippen molar-refractivity contribution in [2.75, 3.05) is 7.11 Å². The summed E-state index contributed by atoms with van der Waals surface area (Å²) in [5.41, 5.74) is 3.31. The number of amides is 2. The molecule has 3 unspecified atom stereocenters. The number of hydrogen-bond acceptors (Lipinski definition) is 5. The largest absolute Gasteiger partial charge is 0.469 e. The Morgan fingerprint density at radius 3 is 2.31 bits per heavy atom. The van der Waals surface area contributed by atoms with Crippen LogP contribution in [0.1, 0.15) is 66.8 Å². The molecule has 2 amide bonds. The molecule has 1 heterocycles. The van der Waals surface area contributed by atoms with E-state index in [1.54, 1.807) is 29.2 Å². The van der Waals surface area contributed by atoms with Gasteiger partial charge in [-0.25, -0.2) is 0 Å². The fourth-order valence-corrected chi connectivity index (χ4v) is 5.49. The maximum Gasteiger partial charge on any atom is 0.311 e. The molecule has 7 heteroatoms. The first-order valence-corrected chi connectivity index (χ1v) is 12.7. The maximum atomic E-state index is 13.9. The molecule has 0 spiro atoms. The lowest BCUT2D eigenvalue weighted by molar-refractivity contribution is -0.148. The third-order valence-corrected chi connectivity index (χ3v) is 7.48. The average Bonchev–Trinajstić information content (AvgIpc) is 3.33. The number of methoxy groups -OCH3 is 1. The van der Waals surface area contributed by atoms with Gasteiger partial charge in [0.25, 0.3) is 0 Å². The highest BCUT2D eigenvalue weighted by Gasteiger charge is 2.51. The van der Waals surface area contributed by atoms with E-state index in [1.165, 1.54) is 7.11 Å². The van der Waals surface area contributed by atoms with Crippen molar-refractivity contribution in [2.45, 2.75) is 64.1 Å². The fraction of sp³-hybridized carbons (Fsp3) is 0.448. The second-order valence-corrected chi connectivity index (χ2v) is 9.84. The van der Waals surface area contributed by atoms with Crippen molar-refractivity contribution in [2.24, 2.45) is 11.8 Å². The number of esters is 1. The van der Waals surface area contributed by atoms with Crippen LogP contribution in [0.25, 0.3) is 0 Å². The molecule has 2 aromatic rings. The Labute approximate surface area is 212 Å². The van der Waals surface area contributed by atoms with Crippen LogP contribution in [0.4, 0.5) is 0 Å². The topological polar surface area (TPSA) is 99.5 Å². The molecule has 1 N–H and O–H groups in total. The molecule has 1 aliphatic heterocycles. The highest BCUT2D eigenvalue weighted by atomic mass is 16.5. The van der Waals surface area contributed by atoms with Crippen LogP contribution in [-0.2, 0) is 25.7 Å². The van der Waals surface area contributed by atoms with Crippen molar-refractivity contribution >= 4 is 17.8 Å². The van der Waals surface area contributed by atoms with Gasteiger partial charge in [0.1, 0.15) is 6.04 Å². The quantitative estimate of drug-likeness (QED) is 0.616. The molecule has 7 nitrogen and oxygen atoms in total. The highest BCUT2D eigenvalue weighted by Crippen LogP contribution is 2.44. The molecule has 2 aliphatic rings. The van der Waals surface area contributed by atoms with Gasteiger partial charge in [-0.2, -0.15) is 5.26 Å². The van der Waals surface area contributed by atoms with Crippen LogP contribution in [0.2, 0.25) is 0 Å². The zero-order valence-electron chi connectivity index (χ0n) is 20.9. The van der Waals surface area contributed by atoms with E-state index in [9.17, 15) is 19.6 Å². The molecular formula is C29H33N3O4. The molecule has 1 aliphatic carbocycles. The van der Waals surface area contributed by atoms with E-state index in [1.807, 2.05) is 31.2 Å². The summed E-state index contributed by atoms with van der Waals surface area (Å²) >= 11 is 0. The van der Waals surface area contributed by atoms with Crippen molar-refractivity contribution in [3.05, 3.63) is 70.8 Å². The summed E-state index contributed by atoms with van der Waals surface area (Å²) in [7, 11) is 1.33. The number of carbonyl (C=O) groups excluding carboxylic acids is 3. The number of benzene rings is 2. The summed E-state index contributed by atoms with van der Waals surface area (Å²) < 4.78 is 5.11. The van der Waals surface area contributed by atoms with Gasteiger partial charge in [0.05, 0.1) is 30.7 Å². The van der Waals surface area contributed by atoms with E-state index in [0.717, 1.165) is 48.8 Å². The molecule has 2 fully saturated rings. The maximum absolute atomic E-state index is 13.9. The lowest BCUT2D eigenvalue weighted by Gasteiger charge is -2.35. The summed E-state index contributed by atoms with van der Waals surface area (Å²) in [4.78, 5) is 42.0. The Morgan fingerprint density at radius 2 is 1.69 bits per heavy atom. The van der Waals surface area contributed by atoms with E-state index in [-0.39, 0.29) is 24.2 Å². The summed E-state index contributed by atoms with van der Waals surface area (Å²) in [5.74, 6) is -1.63. The fourth-order valence-electron chi connectivity index (χ4n) is 5.49. The standard InChI is InChI=1S/C29H33N3O4/c1-19-8-10-21(11-9-19)18-31-27(33)25-16-24(29(35)36-2)26(22-14-12-20(17-30)13-15-22)32(25)28(34)23-6-4-3-5-7-23/h8-15,23-26H,3-7,16,18H2,1-2H3,(H,31,33). The lowest BCUT2D eigenvalue weighted by atomic mass is 9.87. The Hall–Kier alpha value is -3.66. The number of hydrogen-bond donors (Lipinski definition) is 1. The highest BCUT2D eigenvalue weighted by molar-refractivity contribution is 5.91. The van der Waals surface area contributed by atoms with Crippen molar-refractivity contribution < 1.29 is 19.1 Å². The summed E-state index contributed by atoms with van der Waals surface area (Å²) in [6.45, 7) is 2.34. The van der Waals surface area contributed by atoms with Gasteiger partial charge in [-0.1, -0.05) is 61.2 Å². The zero-order chi connectivity index (χ0) is 25.7. The van der Waals surface area contributed by atoms with E-state index in [2.05, 4.69) is 11.4 Å². The van der Waals surface area contributed by atoms with Gasteiger partial charge in [0, 0.05) is 12.5 Å². The first-order chi connectivity index (χ1) is 17.4. The van der Waals surface area contributed by atoms with E-state index in [0.29, 0.717) is 12.1 Å². The first kappa shape index (κ1) is 25.4. The summed E-state index contributed by atoms with van der Waals surface area (Å²) in [5, 5.41) is 12.2. The van der Waals surface area contributed by atoms with Crippen molar-refractivity contribution in [1.29, 1.82) is 5.26 Å². The van der Waals surface area contributed by atoms with Crippen LogP contribution < -0.4 is 5.32 Å². The molecule has 36 heavy (non-hydrogen) atoms. The molecular weight excluding hydrogens is 454 g/mol. The normalized spacial score (nSPS) is 22.0.